The molecule has 0 aromatic carbocycles. The van der Waals surface area contributed by atoms with Gasteiger partial charge in [-0.1, -0.05) is 0 Å². The molecular weight excluding hydrogens is 194 g/mol. The number of carbonyl (C=O) groups excluding carboxylic acids is 1. The minimum atomic E-state index is -0.457. The van der Waals surface area contributed by atoms with Crippen LogP contribution in [-0.4, -0.2) is 41.9 Å². The number of aliphatic hydroxyl groups is 1. The normalized spacial score (nSPS) is 18.5. The van der Waals surface area contributed by atoms with Crippen molar-refractivity contribution in [2.45, 2.75) is 39.2 Å². The molecule has 0 spiro atoms. The van der Waals surface area contributed by atoms with Gasteiger partial charge in [-0.25, -0.2) is 4.79 Å². The maximum Gasteiger partial charge on any atom is 0.410 e. The first-order valence-electron chi connectivity index (χ1n) is 5.33. The fourth-order valence-electron chi connectivity index (χ4n) is 1.45. The predicted octanol–water partition coefficient (Wildman–Crippen LogP) is 1.63. The first-order chi connectivity index (χ1) is 6.78. The quantitative estimate of drug-likeness (QED) is 0.778. The smallest absolute Gasteiger partial charge is 0.410 e. The molecule has 0 atom stereocenters. The Labute approximate surface area is 91.2 Å². The van der Waals surface area contributed by atoms with Crippen LogP contribution < -0.4 is 0 Å². The maximum atomic E-state index is 11.6. The van der Waals surface area contributed by atoms with E-state index in [1.54, 1.807) is 11.9 Å². The lowest BCUT2D eigenvalue weighted by molar-refractivity contribution is 0.0241. The van der Waals surface area contributed by atoms with E-state index in [0.29, 0.717) is 6.54 Å². The molecule has 0 radical (unpaired) electrons. The summed E-state index contributed by atoms with van der Waals surface area (Å²) in [5, 5.41) is 9.14. The second kappa shape index (κ2) is 4.00. The number of nitrogens with zero attached hydrogens (tertiary/aromatic N) is 1. The molecule has 1 aliphatic rings. The Morgan fingerprint density at radius 2 is 2.00 bits per heavy atom. The standard InChI is InChI=1S/C11H21NO3/c1-10(2,3)15-9(14)12(4)7-11(8-13)5-6-11/h13H,5-8H2,1-4H3. The molecule has 4 heteroatoms. The van der Waals surface area contributed by atoms with Crippen molar-refractivity contribution >= 4 is 6.09 Å². The van der Waals surface area contributed by atoms with E-state index < -0.39 is 5.60 Å². The molecule has 4 nitrogen and oxygen atoms in total. The Kier molecular flexibility index (Phi) is 3.28. The molecule has 1 N–H and O–H groups in total. The summed E-state index contributed by atoms with van der Waals surface area (Å²) in [6, 6.07) is 0. The topological polar surface area (TPSA) is 49.8 Å². The third kappa shape index (κ3) is 3.70. The van der Waals surface area contributed by atoms with Crippen LogP contribution in [0.3, 0.4) is 0 Å². The molecular formula is C11H21NO3. The van der Waals surface area contributed by atoms with Crippen molar-refractivity contribution in [1.82, 2.24) is 4.90 Å². The van der Waals surface area contributed by atoms with Crippen LogP contribution in [0.5, 0.6) is 0 Å². The van der Waals surface area contributed by atoms with E-state index in [4.69, 9.17) is 9.84 Å². The van der Waals surface area contributed by atoms with Crippen LogP contribution >= 0.6 is 0 Å². The lowest BCUT2D eigenvalue weighted by Gasteiger charge is -2.26. The van der Waals surface area contributed by atoms with Gasteiger partial charge in [-0.15, -0.1) is 0 Å². The van der Waals surface area contributed by atoms with E-state index in [1.807, 2.05) is 20.8 Å². The van der Waals surface area contributed by atoms with Gasteiger partial charge in [0.05, 0.1) is 6.61 Å². The van der Waals surface area contributed by atoms with Crippen LogP contribution in [0.2, 0.25) is 0 Å². The zero-order chi connectivity index (χ0) is 11.7. The predicted molar refractivity (Wildman–Crippen MR) is 57.6 cm³/mol. The van der Waals surface area contributed by atoms with Gasteiger partial charge < -0.3 is 14.7 Å². The molecule has 1 amide bonds. The highest BCUT2D eigenvalue weighted by molar-refractivity contribution is 5.67. The number of ether oxygens (including phenoxy) is 1. The first kappa shape index (κ1) is 12.3. The van der Waals surface area contributed by atoms with Crippen molar-refractivity contribution in [1.29, 1.82) is 0 Å². The number of carbonyl (C=O) groups is 1. The molecule has 0 saturated heterocycles. The van der Waals surface area contributed by atoms with Gasteiger partial charge in [0.15, 0.2) is 0 Å². The average molecular weight is 215 g/mol. The number of hydrogen-bond donors (Lipinski definition) is 1. The van der Waals surface area contributed by atoms with Gasteiger partial charge in [0.1, 0.15) is 5.60 Å². The first-order valence-corrected chi connectivity index (χ1v) is 5.33. The highest BCUT2D eigenvalue weighted by Gasteiger charge is 2.44. The second-order valence-electron chi connectivity index (χ2n) is 5.49. The summed E-state index contributed by atoms with van der Waals surface area (Å²) in [5.41, 5.74) is -0.507. The summed E-state index contributed by atoms with van der Waals surface area (Å²) in [6.45, 7) is 6.27. The molecule has 0 aliphatic heterocycles. The third-order valence-corrected chi connectivity index (χ3v) is 2.57. The Bertz CT molecular complexity index is 241. The van der Waals surface area contributed by atoms with E-state index in [1.165, 1.54) is 0 Å². The third-order valence-electron chi connectivity index (χ3n) is 2.57. The minimum absolute atomic E-state index is 0.0499. The van der Waals surface area contributed by atoms with Crippen molar-refractivity contribution in [3.05, 3.63) is 0 Å². The lowest BCUT2D eigenvalue weighted by Crippen LogP contribution is -2.38. The molecule has 88 valence electrons. The van der Waals surface area contributed by atoms with Gasteiger partial charge in [-0.3, -0.25) is 0 Å². The highest BCUT2D eigenvalue weighted by atomic mass is 16.6. The summed E-state index contributed by atoms with van der Waals surface area (Å²) < 4.78 is 5.22. The van der Waals surface area contributed by atoms with Gasteiger partial charge in [-0.2, -0.15) is 0 Å². The van der Waals surface area contributed by atoms with E-state index in [0.717, 1.165) is 12.8 Å². The minimum Gasteiger partial charge on any atom is -0.444 e. The number of amides is 1. The molecule has 1 rings (SSSR count). The molecule has 1 saturated carbocycles. The average Bonchev–Trinajstić information content (AvgIpc) is 2.82. The van der Waals surface area contributed by atoms with Gasteiger partial charge in [-0.05, 0) is 33.6 Å². The number of rotatable bonds is 3. The Balaban J connectivity index is 2.40. The van der Waals surface area contributed by atoms with Gasteiger partial charge in [0, 0.05) is 19.0 Å². The SMILES string of the molecule is CN(CC1(CO)CC1)C(=O)OC(C)(C)C. The van der Waals surface area contributed by atoms with Crippen molar-refractivity contribution in [3.8, 4) is 0 Å². The van der Waals surface area contributed by atoms with Crippen molar-refractivity contribution in [3.63, 3.8) is 0 Å². The summed E-state index contributed by atoms with van der Waals surface area (Å²) >= 11 is 0. The molecule has 1 aliphatic carbocycles. The van der Waals surface area contributed by atoms with Crippen LogP contribution in [0.1, 0.15) is 33.6 Å². The fourth-order valence-corrected chi connectivity index (χ4v) is 1.45. The summed E-state index contributed by atoms with van der Waals surface area (Å²) in [4.78, 5) is 13.2. The largest absolute Gasteiger partial charge is 0.444 e. The molecule has 0 aromatic rings. The van der Waals surface area contributed by atoms with Crippen LogP contribution in [0.15, 0.2) is 0 Å². The Morgan fingerprint density at radius 1 is 1.47 bits per heavy atom. The van der Waals surface area contributed by atoms with Crippen LogP contribution in [0.4, 0.5) is 4.79 Å². The summed E-state index contributed by atoms with van der Waals surface area (Å²) in [7, 11) is 1.71. The number of hydrogen-bond acceptors (Lipinski definition) is 3. The fraction of sp³-hybridized carbons (Fsp3) is 0.909. The van der Waals surface area contributed by atoms with Gasteiger partial charge in [0.2, 0.25) is 0 Å². The summed E-state index contributed by atoms with van der Waals surface area (Å²) in [6.07, 6.45) is 1.68. The Morgan fingerprint density at radius 3 is 2.33 bits per heavy atom. The van der Waals surface area contributed by atoms with Crippen LogP contribution in [0.25, 0.3) is 0 Å². The molecule has 0 aromatic heterocycles. The number of aliphatic hydroxyl groups excluding tert-OH is 1. The lowest BCUT2D eigenvalue weighted by atomic mass is 10.1. The molecule has 1 fully saturated rings. The van der Waals surface area contributed by atoms with E-state index in [-0.39, 0.29) is 18.1 Å². The van der Waals surface area contributed by atoms with Crippen molar-refractivity contribution in [2.75, 3.05) is 20.2 Å². The van der Waals surface area contributed by atoms with Gasteiger partial charge in [0.25, 0.3) is 0 Å². The highest BCUT2D eigenvalue weighted by Crippen LogP contribution is 2.45. The second-order valence-corrected chi connectivity index (χ2v) is 5.49. The van der Waals surface area contributed by atoms with Gasteiger partial charge >= 0.3 is 6.09 Å². The van der Waals surface area contributed by atoms with E-state index >= 15 is 0 Å². The maximum absolute atomic E-state index is 11.6. The van der Waals surface area contributed by atoms with Crippen molar-refractivity contribution in [2.24, 2.45) is 5.41 Å². The van der Waals surface area contributed by atoms with Crippen LogP contribution in [0, 0.1) is 5.41 Å². The van der Waals surface area contributed by atoms with Crippen LogP contribution in [-0.2, 0) is 4.74 Å². The molecule has 0 heterocycles. The Hall–Kier alpha value is -0.770. The molecule has 0 unspecified atom stereocenters. The zero-order valence-corrected chi connectivity index (χ0v) is 10.0. The molecule has 0 bridgehead atoms. The van der Waals surface area contributed by atoms with E-state index in [9.17, 15) is 4.79 Å². The van der Waals surface area contributed by atoms with Crippen molar-refractivity contribution < 1.29 is 14.6 Å². The molecule has 15 heavy (non-hydrogen) atoms. The van der Waals surface area contributed by atoms with E-state index in [2.05, 4.69) is 0 Å². The summed E-state index contributed by atoms with van der Waals surface area (Å²) in [5.74, 6) is 0. The zero-order valence-electron chi connectivity index (χ0n) is 10.0. The monoisotopic (exact) mass is 215 g/mol.